The zero-order valence-electron chi connectivity index (χ0n) is 9.70. The molecule has 0 bridgehead atoms. The molecule has 5 heteroatoms. The third-order valence-electron chi connectivity index (χ3n) is 1.89. The van der Waals surface area contributed by atoms with Gasteiger partial charge in [-0.3, -0.25) is 4.79 Å². The molecule has 1 aromatic rings. The first-order valence-corrected chi connectivity index (χ1v) is 6.32. The van der Waals surface area contributed by atoms with Gasteiger partial charge in [0.2, 0.25) is 5.91 Å². The summed E-state index contributed by atoms with van der Waals surface area (Å²) in [6, 6.07) is 6.75. The van der Waals surface area contributed by atoms with Gasteiger partial charge in [-0.2, -0.15) is 0 Å². The lowest BCUT2D eigenvalue weighted by Crippen LogP contribution is -2.17. The molecule has 0 atom stereocenters. The van der Waals surface area contributed by atoms with Crippen LogP contribution in [-0.4, -0.2) is 23.3 Å². The molecule has 1 aromatic carbocycles. The smallest absolute Gasteiger partial charge is 0.340 e. The van der Waals surface area contributed by atoms with Crippen molar-refractivity contribution < 1.29 is 14.3 Å². The average molecular weight is 300 g/mol. The molecule has 0 heterocycles. The molecule has 17 heavy (non-hydrogen) atoms. The van der Waals surface area contributed by atoms with Gasteiger partial charge in [0, 0.05) is 0 Å². The Balaban J connectivity index is 2.91. The van der Waals surface area contributed by atoms with E-state index in [1.807, 2.05) is 0 Å². The lowest BCUT2D eigenvalue weighted by molar-refractivity contribution is -0.113. The third kappa shape index (κ3) is 4.19. The van der Waals surface area contributed by atoms with E-state index < -0.39 is 5.97 Å². The molecule has 1 rings (SSSR count). The molecule has 0 spiro atoms. The van der Waals surface area contributed by atoms with Crippen molar-refractivity contribution >= 4 is 33.5 Å². The fraction of sp³-hybridized carbons (Fsp3) is 0.333. The fourth-order valence-electron chi connectivity index (χ4n) is 1.23. The van der Waals surface area contributed by atoms with Crippen LogP contribution in [0.1, 0.15) is 24.2 Å². The number of esters is 1. The second-order valence-electron chi connectivity index (χ2n) is 3.68. The van der Waals surface area contributed by atoms with E-state index in [-0.39, 0.29) is 17.3 Å². The van der Waals surface area contributed by atoms with Crippen LogP contribution in [0.3, 0.4) is 0 Å². The fourth-order valence-corrected chi connectivity index (χ4v) is 1.37. The van der Waals surface area contributed by atoms with E-state index in [1.165, 1.54) is 0 Å². The molecule has 4 nitrogen and oxygen atoms in total. The van der Waals surface area contributed by atoms with Gasteiger partial charge in [-0.1, -0.05) is 28.1 Å². The first-order chi connectivity index (χ1) is 8.04. The number of hydrogen-bond acceptors (Lipinski definition) is 3. The Hall–Kier alpha value is -1.36. The van der Waals surface area contributed by atoms with Crippen LogP contribution in [-0.2, 0) is 9.53 Å². The monoisotopic (exact) mass is 299 g/mol. The number of amides is 1. The Kier molecular flexibility index (Phi) is 5.15. The van der Waals surface area contributed by atoms with Crippen LogP contribution in [0.25, 0.3) is 0 Å². The molecule has 0 aromatic heterocycles. The summed E-state index contributed by atoms with van der Waals surface area (Å²) in [5, 5.41) is 2.81. The van der Waals surface area contributed by atoms with E-state index in [1.54, 1.807) is 38.1 Å². The third-order valence-corrected chi connectivity index (χ3v) is 2.39. The maximum atomic E-state index is 11.8. The lowest BCUT2D eigenvalue weighted by Gasteiger charge is -2.11. The standard InChI is InChI=1S/C12H14BrNO3/c1-8(2)17-12(16)9-5-3-4-6-10(9)14-11(15)7-13/h3-6,8H,7H2,1-2H3,(H,14,15). The number of benzene rings is 1. The first-order valence-electron chi connectivity index (χ1n) is 5.20. The summed E-state index contributed by atoms with van der Waals surface area (Å²) in [6.07, 6.45) is -0.192. The van der Waals surface area contributed by atoms with Crippen molar-refractivity contribution in [2.24, 2.45) is 0 Å². The summed E-state index contributed by atoms with van der Waals surface area (Å²) >= 11 is 3.05. The van der Waals surface area contributed by atoms with E-state index in [2.05, 4.69) is 21.2 Å². The molecule has 0 radical (unpaired) electrons. The summed E-state index contributed by atoms with van der Waals surface area (Å²) in [7, 11) is 0. The van der Waals surface area contributed by atoms with Crippen LogP contribution in [0.4, 0.5) is 5.69 Å². The summed E-state index contributed by atoms with van der Waals surface area (Å²) in [5.41, 5.74) is 0.818. The molecule has 0 aliphatic rings. The number of rotatable bonds is 4. The highest BCUT2D eigenvalue weighted by Crippen LogP contribution is 2.17. The molecule has 92 valence electrons. The Morgan fingerprint density at radius 3 is 2.59 bits per heavy atom. The number of hydrogen-bond donors (Lipinski definition) is 1. The number of carbonyl (C=O) groups excluding carboxylic acids is 2. The Morgan fingerprint density at radius 2 is 2.00 bits per heavy atom. The molecule has 0 aliphatic carbocycles. The van der Waals surface area contributed by atoms with E-state index in [0.29, 0.717) is 11.3 Å². The maximum absolute atomic E-state index is 11.8. The number of ether oxygens (including phenoxy) is 1. The van der Waals surface area contributed by atoms with Gasteiger partial charge >= 0.3 is 5.97 Å². The average Bonchev–Trinajstić information content (AvgIpc) is 2.28. The molecule has 0 saturated carbocycles. The minimum atomic E-state index is -0.439. The SMILES string of the molecule is CC(C)OC(=O)c1ccccc1NC(=O)CBr. The van der Waals surface area contributed by atoms with Crippen molar-refractivity contribution in [1.29, 1.82) is 0 Å². The molecule has 0 unspecified atom stereocenters. The summed E-state index contributed by atoms with van der Waals surface area (Å²) in [5.74, 6) is -0.653. The minimum Gasteiger partial charge on any atom is -0.459 e. The predicted octanol–water partition coefficient (Wildman–Crippen LogP) is 2.59. The molecule has 0 saturated heterocycles. The lowest BCUT2D eigenvalue weighted by atomic mass is 10.2. The number of alkyl halides is 1. The number of para-hydroxylation sites is 1. The van der Waals surface area contributed by atoms with Crippen molar-refractivity contribution in [2.45, 2.75) is 20.0 Å². The minimum absolute atomic E-state index is 0.181. The molecule has 1 amide bonds. The van der Waals surface area contributed by atoms with Crippen molar-refractivity contribution in [3.63, 3.8) is 0 Å². The maximum Gasteiger partial charge on any atom is 0.340 e. The summed E-state index contributed by atoms with van der Waals surface area (Å²) < 4.78 is 5.09. The van der Waals surface area contributed by atoms with Gasteiger partial charge in [0.1, 0.15) is 0 Å². The van der Waals surface area contributed by atoms with E-state index in [0.717, 1.165) is 0 Å². The number of halogens is 1. The van der Waals surface area contributed by atoms with Gasteiger partial charge in [0.25, 0.3) is 0 Å². The van der Waals surface area contributed by atoms with Gasteiger partial charge < -0.3 is 10.1 Å². The van der Waals surface area contributed by atoms with Gasteiger partial charge in [0.05, 0.1) is 22.7 Å². The number of nitrogens with one attached hydrogen (secondary N) is 1. The number of anilines is 1. The van der Waals surface area contributed by atoms with E-state index in [4.69, 9.17) is 4.74 Å². The highest BCUT2D eigenvalue weighted by atomic mass is 79.9. The zero-order valence-corrected chi connectivity index (χ0v) is 11.3. The summed E-state index contributed by atoms with van der Waals surface area (Å²) in [6.45, 7) is 3.55. The van der Waals surface area contributed by atoms with Crippen LogP contribution in [0.2, 0.25) is 0 Å². The van der Waals surface area contributed by atoms with Crippen LogP contribution in [0, 0.1) is 0 Å². The largest absolute Gasteiger partial charge is 0.459 e. The van der Waals surface area contributed by atoms with Gasteiger partial charge in [-0.05, 0) is 26.0 Å². The Morgan fingerprint density at radius 1 is 1.35 bits per heavy atom. The molecular weight excluding hydrogens is 286 g/mol. The predicted molar refractivity (Wildman–Crippen MR) is 69.4 cm³/mol. The van der Waals surface area contributed by atoms with Crippen LogP contribution >= 0.6 is 15.9 Å². The van der Waals surface area contributed by atoms with Crippen molar-refractivity contribution in [3.8, 4) is 0 Å². The van der Waals surface area contributed by atoms with Crippen molar-refractivity contribution in [3.05, 3.63) is 29.8 Å². The highest BCUT2D eigenvalue weighted by Gasteiger charge is 2.14. The topological polar surface area (TPSA) is 55.4 Å². The van der Waals surface area contributed by atoms with Gasteiger partial charge in [0.15, 0.2) is 0 Å². The van der Waals surface area contributed by atoms with Crippen molar-refractivity contribution in [2.75, 3.05) is 10.6 Å². The quantitative estimate of drug-likeness (QED) is 0.687. The highest BCUT2D eigenvalue weighted by molar-refractivity contribution is 9.09. The Bertz CT molecular complexity index is 418. The normalized spacial score (nSPS) is 10.1. The Labute approximate surface area is 108 Å². The van der Waals surface area contributed by atoms with E-state index >= 15 is 0 Å². The number of carbonyl (C=O) groups is 2. The second kappa shape index (κ2) is 6.39. The second-order valence-corrected chi connectivity index (χ2v) is 4.24. The first kappa shape index (κ1) is 13.7. The molecule has 0 aliphatic heterocycles. The zero-order chi connectivity index (χ0) is 12.8. The van der Waals surface area contributed by atoms with Crippen LogP contribution < -0.4 is 5.32 Å². The molecular formula is C12H14BrNO3. The van der Waals surface area contributed by atoms with Gasteiger partial charge in [-0.25, -0.2) is 4.79 Å². The molecule has 1 N–H and O–H groups in total. The van der Waals surface area contributed by atoms with Gasteiger partial charge in [-0.15, -0.1) is 0 Å². The van der Waals surface area contributed by atoms with E-state index in [9.17, 15) is 9.59 Å². The summed E-state index contributed by atoms with van der Waals surface area (Å²) in [4.78, 5) is 23.0. The van der Waals surface area contributed by atoms with Crippen LogP contribution in [0.5, 0.6) is 0 Å². The van der Waals surface area contributed by atoms with Crippen molar-refractivity contribution in [1.82, 2.24) is 0 Å². The van der Waals surface area contributed by atoms with Crippen LogP contribution in [0.15, 0.2) is 24.3 Å². The molecule has 0 fully saturated rings.